The maximum Gasteiger partial charge on any atom is 0.490 e. The molecule has 2 heterocycles. The van der Waals surface area contributed by atoms with Crippen molar-refractivity contribution in [1.29, 1.82) is 0 Å². The first-order valence-corrected chi connectivity index (χ1v) is 13.4. The Labute approximate surface area is 254 Å². The molecule has 12 nitrogen and oxygen atoms in total. The molecule has 2 aromatic carbocycles. The van der Waals surface area contributed by atoms with Crippen molar-refractivity contribution in [2.45, 2.75) is 31.1 Å². The first-order valence-electron chi connectivity index (χ1n) is 13.4. The van der Waals surface area contributed by atoms with Crippen LogP contribution in [0.1, 0.15) is 35.2 Å². The predicted octanol–water partition coefficient (Wildman–Crippen LogP) is 4.51. The SMILES string of the molecule is O=C(O)C(F)(F)F.O=CN(/C=C/c1ccccc1)[C@](CCCCNc1ccccn1)(NC(=O)c1ccc2[nH]ncc2c1)C(=O)O. The van der Waals surface area contributed by atoms with E-state index in [-0.39, 0.29) is 12.0 Å². The minimum atomic E-state index is -5.08. The van der Waals surface area contributed by atoms with Crippen LogP contribution in [-0.2, 0) is 14.4 Å². The van der Waals surface area contributed by atoms with E-state index in [0.717, 1.165) is 16.0 Å². The number of carboxylic acid groups (broad SMARTS) is 2. The minimum absolute atomic E-state index is 0.0240. The van der Waals surface area contributed by atoms with E-state index in [1.165, 1.54) is 6.20 Å². The molecule has 5 N–H and O–H groups in total. The number of benzene rings is 2. The number of carboxylic acids is 2. The summed E-state index contributed by atoms with van der Waals surface area (Å²) in [6.07, 6.45) is 2.54. The van der Waals surface area contributed by atoms with Gasteiger partial charge in [0.2, 0.25) is 12.1 Å². The standard InChI is InChI=1S/C28H28N6O4.C2HF3O2/c35-20-34(17-13-21-8-2-1-3-9-21)28(27(37)38,14-5-7-16-30-25-10-4-6-15-29-25)32-26(36)22-11-12-24-23(18-22)19-31-33-24;3-2(4,5)1(6)7/h1-4,6,8-13,15,17-20H,5,7,14,16H2,(H,29,30)(H,31,33)(H,32,36)(H,37,38);(H,6,7)/b17-13+;/t28-;/m0./s1. The number of H-pyrrole nitrogens is 1. The van der Waals surface area contributed by atoms with Crippen molar-refractivity contribution >= 4 is 47.1 Å². The molecule has 0 bridgehead atoms. The third-order valence-corrected chi connectivity index (χ3v) is 6.34. The van der Waals surface area contributed by atoms with Crippen LogP contribution >= 0.6 is 0 Å². The quantitative estimate of drug-likeness (QED) is 0.0811. The largest absolute Gasteiger partial charge is 0.490 e. The summed E-state index contributed by atoms with van der Waals surface area (Å²) in [5, 5.41) is 30.8. The Balaban J connectivity index is 0.000000707. The fraction of sp³-hybridized carbons (Fsp3) is 0.200. The average Bonchev–Trinajstić information content (AvgIpc) is 3.50. The summed E-state index contributed by atoms with van der Waals surface area (Å²) in [5.74, 6) is -4.02. The lowest BCUT2D eigenvalue weighted by atomic mass is 9.99. The number of aliphatic carboxylic acids is 2. The van der Waals surface area contributed by atoms with Gasteiger partial charge < -0.3 is 20.8 Å². The number of alkyl halides is 3. The summed E-state index contributed by atoms with van der Waals surface area (Å²) < 4.78 is 31.7. The molecular formula is C30H29F3N6O6. The van der Waals surface area contributed by atoms with Crippen LogP contribution in [0.2, 0.25) is 0 Å². The molecular weight excluding hydrogens is 597 g/mol. The molecule has 4 aromatic rings. The number of aromatic nitrogens is 3. The highest BCUT2D eigenvalue weighted by Crippen LogP contribution is 2.23. The highest BCUT2D eigenvalue weighted by molar-refractivity contribution is 6.00. The molecule has 0 aliphatic heterocycles. The maximum absolute atomic E-state index is 13.3. The van der Waals surface area contributed by atoms with E-state index < -0.39 is 29.7 Å². The lowest BCUT2D eigenvalue weighted by molar-refractivity contribution is -0.192. The van der Waals surface area contributed by atoms with E-state index in [1.54, 1.807) is 36.7 Å². The highest BCUT2D eigenvalue weighted by Gasteiger charge is 2.45. The van der Waals surface area contributed by atoms with E-state index in [1.807, 2.05) is 48.5 Å². The fourth-order valence-electron chi connectivity index (χ4n) is 4.04. The first kappa shape index (κ1) is 33.8. The fourth-order valence-corrected chi connectivity index (χ4v) is 4.04. The normalized spacial score (nSPS) is 12.4. The molecule has 0 aliphatic rings. The number of aromatic amines is 1. The lowest BCUT2D eigenvalue weighted by Gasteiger charge is -2.37. The average molecular weight is 627 g/mol. The minimum Gasteiger partial charge on any atom is -0.478 e. The number of nitrogens with zero attached hydrogens (tertiary/aromatic N) is 3. The van der Waals surface area contributed by atoms with Gasteiger partial charge in [0.15, 0.2) is 0 Å². The van der Waals surface area contributed by atoms with Crippen molar-refractivity contribution in [2.24, 2.45) is 0 Å². The number of anilines is 1. The summed E-state index contributed by atoms with van der Waals surface area (Å²) in [4.78, 5) is 52.4. The second-order valence-electron chi connectivity index (χ2n) is 9.43. The van der Waals surface area contributed by atoms with Crippen LogP contribution in [0.3, 0.4) is 0 Å². The van der Waals surface area contributed by atoms with Crippen LogP contribution in [0.5, 0.6) is 0 Å². The van der Waals surface area contributed by atoms with Gasteiger partial charge in [-0.25, -0.2) is 14.6 Å². The molecule has 15 heteroatoms. The summed E-state index contributed by atoms with van der Waals surface area (Å²) in [5.41, 5.74) is -0.249. The molecule has 0 saturated carbocycles. The van der Waals surface area contributed by atoms with Crippen molar-refractivity contribution < 1.29 is 42.6 Å². The Morgan fingerprint density at radius 1 is 0.956 bits per heavy atom. The highest BCUT2D eigenvalue weighted by atomic mass is 19.4. The number of amides is 2. The van der Waals surface area contributed by atoms with Gasteiger partial charge >= 0.3 is 18.1 Å². The molecule has 0 spiro atoms. The van der Waals surface area contributed by atoms with Gasteiger partial charge in [-0.3, -0.25) is 19.6 Å². The Morgan fingerprint density at radius 2 is 1.67 bits per heavy atom. The molecule has 2 amide bonds. The van der Waals surface area contributed by atoms with Crippen molar-refractivity contribution in [3.8, 4) is 0 Å². The first-order chi connectivity index (χ1) is 21.5. The van der Waals surface area contributed by atoms with Gasteiger partial charge in [-0.2, -0.15) is 18.3 Å². The van der Waals surface area contributed by atoms with Gasteiger partial charge in [0, 0.05) is 36.3 Å². The summed E-state index contributed by atoms with van der Waals surface area (Å²) in [6.45, 7) is 0.540. The number of fused-ring (bicyclic) bond motifs is 1. The van der Waals surface area contributed by atoms with Gasteiger partial charge in [0.05, 0.1) is 11.7 Å². The number of rotatable bonds is 13. The predicted molar refractivity (Wildman–Crippen MR) is 158 cm³/mol. The van der Waals surface area contributed by atoms with E-state index in [9.17, 15) is 32.7 Å². The number of pyridine rings is 1. The lowest BCUT2D eigenvalue weighted by Crippen LogP contribution is -2.63. The Morgan fingerprint density at radius 3 is 2.29 bits per heavy atom. The van der Waals surface area contributed by atoms with Crippen LogP contribution in [0.4, 0.5) is 19.0 Å². The Kier molecular flexibility index (Phi) is 11.7. The third kappa shape index (κ3) is 9.64. The molecule has 1 atom stereocenters. The number of nitrogens with one attached hydrogen (secondary N) is 3. The van der Waals surface area contributed by atoms with E-state index in [2.05, 4.69) is 25.8 Å². The number of hydrogen-bond donors (Lipinski definition) is 5. The molecule has 0 unspecified atom stereocenters. The maximum atomic E-state index is 13.3. The molecule has 2 aromatic heterocycles. The zero-order valence-corrected chi connectivity index (χ0v) is 23.6. The van der Waals surface area contributed by atoms with Crippen molar-refractivity contribution in [2.75, 3.05) is 11.9 Å². The van der Waals surface area contributed by atoms with Crippen LogP contribution in [-0.4, -0.2) is 72.9 Å². The van der Waals surface area contributed by atoms with Gasteiger partial charge in [0.25, 0.3) is 5.91 Å². The topological polar surface area (TPSA) is 178 Å². The molecule has 45 heavy (non-hydrogen) atoms. The van der Waals surface area contributed by atoms with Crippen LogP contribution in [0, 0.1) is 0 Å². The van der Waals surface area contributed by atoms with E-state index in [0.29, 0.717) is 37.0 Å². The van der Waals surface area contributed by atoms with Gasteiger partial charge in [-0.15, -0.1) is 0 Å². The monoisotopic (exact) mass is 626 g/mol. The number of hydrogen-bond acceptors (Lipinski definition) is 7. The van der Waals surface area contributed by atoms with Gasteiger partial charge in [0.1, 0.15) is 5.82 Å². The van der Waals surface area contributed by atoms with Crippen LogP contribution < -0.4 is 10.6 Å². The van der Waals surface area contributed by atoms with Crippen LogP contribution in [0.15, 0.2) is 85.3 Å². The second kappa shape index (κ2) is 15.7. The zero-order chi connectivity index (χ0) is 32.9. The Hall–Kier alpha value is -5.73. The molecule has 0 aliphatic carbocycles. The zero-order valence-electron chi connectivity index (χ0n) is 23.6. The van der Waals surface area contributed by atoms with E-state index >= 15 is 0 Å². The van der Waals surface area contributed by atoms with Crippen molar-refractivity contribution in [3.63, 3.8) is 0 Å². The number of carbonyl (C=O) groups is 4. The smallest absolute Gasteiger partial charge is 0.478 e. The molecule has 0 saturated heterocycles. The summed E-state index contributed by atoms with van der Waals surface area (Å²) >= 11 is 0. The number of halogens is 3. The van der Waals surface area contributed by atoms with Crippen molar-refractivity contribution in [3.05, 3.63) is 96.5 Å². The van der Waals surface area contributed by atoms with Crippen LogP contribution in [0.25, 0.3) is 17.0 Å². The molecule has 4 rings (SSSR count). The third-order valence-electron chi connectivity index (χ3n) is 6.34. The summed E-state index contributed by atoms with van der Waals surface area (Å²) in [7, 11) is 0. The Bertz CT molecular complexity index is 1610. The molecule has 0 fully saturated rings. The number of unbranched alkanes of at least 4 members (excludes halogenated alkanes) is 1. The second-order valence-corrected chi connectivity index (χ2v) is 9.43. The van der Waals surface area contributed by atoms with Gasteiger partial charge in [-0.1, -0.05) is 36.4 Å². The number of carbonyl (C=O) groups excluding carboxylic acids is 2. The van der Waals surface area contributed by atoms with Gasteiger partial charge in [-0.05, 0) is 54.8 Å². The molecule has 0 radical (unpaired) electrons. The van der Waals surface area contributed by atoms with E-state index in [4.69, 9.17) is 9.90 Å². The van der Waals surface area contributed by atoms with Crippen molar-refractivity contribution in [1.82, 2.24) is 25.4 Å². The summed E-state index contributed by atoms with van der Waals surface area (Å²) in [6, 6.07) is 19.6. The molecule has 236 valence electrons.